The first-order chi connectivity index (χ1) is 12.2. The van der Waals surface area contributed by atoms with Gasteiger partial charge in [0.15, 0.2) is 0 Å². The van der Waals surface area contributed by atoms with Crippen molar-refractivity contribution in [1.82, 2.24) is 9.88 Å². The van der Waals surface area contributed by atoms with E-state index in [2.05, 4.69) is 19.2 Å². The van der Waals surface area contributed by atoms with Gasteiger partial charge in [0.2, 0.25) is 10.0 Å². The highest BCUT2D eigenvalue weighted by atomic mass is 32.2. The Balaban J connectivity index is 2.24. The smallest absolute Gasteiger partial charge is 0.268 e. The molecule has 3 N–H and O–H groups in total. The normalized spacial score (nSPS) is 13.0. The van der Waals surface area contributed by atoms with Gasteiger partial charge < -0.3 is 9.88 Å². The summed E-state index contributed by atoms with van der Waals surface area (Å²) in [5.41, 5.74) is 1.25. The zero-order valence-corrected chi connectivity index (χ0v) is 16.3. The van der Waals surface area contributed by atoms with Gasteiger partial charge in [0, 0.05) is 18.8 Å². The molecular weight excluding hydrogens is 350 g/mol. The lowest BCUT2D eigenvalue weighted by Gasteiger charge is -2.16. The third-order valence-corrected chi connectivity index (χ3v) is 5.06. The van der Waals surface area contributed by atoms with Gasteiger partial charge in [0.1, 0.15) is 10.6 Å². The molecule has 0 saturated heterocycles. The third-order valence-electron chi connectivity index (χ3n) is 4.18. The van der Waals surface area contributed by atoms with Crippen molar-refractivity contribution in [3.05, 3.63) is 53.9 Å². The van der Waals surface area contributed by atoms with Crippen molar-refractivity contribution in [3.63, 3.8) is 0 Å². The number of carbonyl (C=O) groups is 1. The molecule has 26 heavy (non-hydrogen) atoms. The molecule has 1 aromatic heterocycles. The zero-order valence-electron chi connectivity index (χ0n) is 15.5. The summed E-state index contributed by atoms with van der Waals surface area (Å²) in [6.45, 7) is 6.61. The van der Waals surface area contributed by atoms with E-state index in [0.717, 1.165) is 18.4 Å². The highest BCUT2D eigenvalue weighted by Gasteiger charge is 2.20. The SMILES string of the molecule is CC(C)CCC(C)NC(=O)c1cc(S(N)(=O)=O)cn1Cc1ccccc1. The number of nitrogens with two attached hydrogens (primary N) is 1. The number of sulfonamides is 1. The van der Waals surface area contributed by atoms with Crippen LogP contribution in [0.1, 0.15) is 49.7 Å². The average molecular weight is 378 g/mol. The summed E-state index contributed by atoms with van der Waals surface area (Å²) in [5.74, 6) is 0.261. The lowest BCUT2D eigenvalue weighted by Crippen LogP contribution is -2.34. The lowest BCUT2D eigenvalue weighted by atomic mass is 10.0. The summed E-state index contributed by atoms with van der Waals surface area (Å²) >= 11 is 0. The number of nitrogens with zero attached hydrogens (tertiary/aromatic N) is 1. The van der Waals surface area contributed by atoms with Crippen molar-refractivity contribution in [3.8, 4) is 0 Å². The van der Waals surface area contributed by atoms with E-state index in [4.69, 9.17) is 5.14 Å². The molecule has 1 unspecified atom stereocenters. The van der Waals surface area contributed by atoms with Crippen molar-refractivity contribution >= 4 is 15.9 Å². The molecule has 0 aliphatic rings. The van der Waals surface area contributed by atoms with E-state index in [0.29, 0.717) is 12.5 Å². The van der Waals surface area contributed by atoms with Crippen molar-refractivity contribution < 1.29 is 13.2 Å². The van der Waals surface area contributed by atoms with Gasteiger partial charge in [-0.2, -0.15) is 0 Å². The summed E-state index contributed by atoms with van der Waals surface area (Å²) in [7, 11) is -3.88. The van der Waals surface area contributed by atoms with E-state index in [1.807, 2.05) is 37.3 Å². The maximum atomic E-state index is 12.7. The highest BCUT2D eigenvalue weighted by molar-refractivity contribution is 7.89. The summed E-state index contributed by atoms with van der Waals surface area (Å²) in [5, 5.41) is 8.19. The van der Waals surface area contributed by atoms with Crippen LogP contribution < -0.4 is 10.5 Å². The summed E-state index contributed by atoms with van der Waals surface area (Å²) < 4.78 is 25.0. The molecule has 0 radical (unpaired) electrons. The van der Waals surface area contributed by atoms with Gasteiger partial charge in [-0.3, -0.25) is 4.79 Å². The molecule has 1 heterocycles. The summed E-state index contributed by atoms with van der Waals surface area (Å²) in [6, 6.07) is 10.9. The molecule has 6 nitrogen and oxygen atoms in total. The first kappa shape index (κ1) is 20.2. The largest absolute Gasteiger partial charge is 0.348 e. The molecule has 1 atom stereocenters. The quantitative estimate of drug-likeness (QED) is 0.740. The summed E-state index contributed by atoms with van der Waals surface area (Å²) in [4.78, 5) is 12.6. The van der Waals surface area contributed by atoms with Crippen molar-refractivity contribution in [2.24, 2.45) is 11.1 Å². The van der Waals surface area contributed by atoms with Gasteiger partial charge in [-0.1, -0.05) is 44.2 Å². The fourth-order valence-corrected chi connectivity index (χ4v) is 3.24. The number of nitrogens with one attached hydrogen (secondary N) is 1. The number of hydrogen-bond donors (Lipinski definition) is 2. The molecule has 7 heteroatoms. The van der Waals surface area contributed by atoms with Crippen LogP contribution in [0.15, 0.2) is 47.5 Å². The predicted molar refractivity (Wildman–Crippen MR) is 102 cm³/mol. The van der Waals surface area contributed by atoms with Crippen LogP contribution in [0.5, 0.6) is 0 Å². The van der Waals surface area contributed by atoms with Gasteiger partial charge in [0.05, 0.1) is 0 Å². The van der Waals surface area contributed by atoms with Crippen molar-refractivity contribution in [1.29, 1.82) is 0 Å². The maximum absolute atomic E-state index is 12.7. The number of primary sulfonamides is 1. The Kier molecular flexibility index (Phi) is 6.61. The number of amides is 1. The van der Waals surface area contributed by atoms with Crippen LogP contribution in [-0.4, -0.2) is 24.9 Å². The highest BCUT2D eigenvalue weighted by Crippen LogP contribution is 2.16. The van der Waals surface area contributed by atoms with E-state index >= 15 is 0 Å². The second kappa shape index (κ2) is 8.51. The Morgan fingerprint density at radius 3 is 2.38 bits per heavy atom. The van der Waals surface area contributed by atoms with Crippen molar-refractivity contribution in [2.75, 3.05) is 0 Å². The van der Waals surface area contributed by atoms with Gasteiger partial charge in [-0.15, -0.1) is 0 Å². The van der Waals surface area contributed by atoms with Gasteiger partial charge in [0.25, 0.3) is 5.91 Å². The second-order valence-corrected chi connectivity index (χ2v) is 8.63. The van der Waals surface area contributed by atoms with Crippen LogP contribution in [0.4, 0.5) is 0 Å². The molecule has 142 valence electrons. The van der Waals surface area contributed by atoms with Crippen LogP contribution in [0.25, 0.3) is 0 Å². The van der Waals surface area contributed by atoms with E-state index in [9.17, 15) is 13.2 Å². The van der Waals surface area contributed by atoms with E-state index in [1.165, 1.54) is 12.3 Å². The lowest BCUT2D eigenvalue weighted by molar-refractivity contribution is 0.0928. The van der Waals surface area contributed by atoms with Gasteiger partial charge >= 0.3 is 0 Å². The second-order valence-electron chi connectivity index (χ2n) is 7.07. The fourth-order valence-electron chi connectivity index (χ4n) is 2.69. The van der Waals surface area contributed by atoms with Crippen LogP contribution >= 0.6 is 0 Å². The van der Waals surface area contributed by atoms with Crippen LogP contribution in [0, 0.1) is 5.92 Å². The minimum Gasteiger partial charge on any atom is -0.348 e. The molecular formula is C19H27N3O3S. The molecule has 1 aromatic carbocycles. The molecule has 0 saturated carbocycles. The zero-order chi connectivity index (χ0) is 19.3. The fraction of sp³-hybridized carbons (Fsp3) is 0.421. The van der Waals surface area contributed by atoms with Gasteiger partial charge in [-0.05, 0) is 37.3 Å². The van der Waals surface area contributed by atoms with Gasteiger partial charge in [-0.25, -0.2) is 13.6 Å². The molecule has 2 aromatic rings. The van der Waals surface area contributed by atoms with Crippen LogP contribution in [0.2, 0.25) is 0 Å². The Morgan fingerprint density at radius 1 is 1.15 bits per heavy atom. The van der Waals surface area contributed by atoms with E-state index in [-0.39, 0.29) is 22.5 Å². The van der Waals surface area contributed by atoms with Crippen molar-refractivity contribution in [2.45, 2.75) is 51.1 Å². The third kappa shape index (κ3) is 5.71. The first-order valence-electron chi connectivity index (χ1n) is 8.74. The molecule has 2 rings (SSSR count). The maximum Gasteiger partial charge on any atom is 0.268 e. The summed E-state index contributed by atoms with van der Waals surface area (Å²) in [6.07, 6.45) is 3.29. The molecule has 0 spiro atoms. The average Bonchev–Trinajstić information content (AvgIpc) is 2.98. The first-order valence-corrected chi connectivity index (χ1v) is 10.3. The number of rotatable bonds is 8. The molecule has 0 aliphatic carbocycles. The minimum absolute atomic E-state index is 0.00269. The Labute approximate surface area is 155 Å². The number of aromatic nitrogens is 1. The molecule has 1 amide bonds. The number of hydrogen-bond acceptors (Lipinski definition) is 3. The van der Waals surface area contributed by atoms with Crippen LogP contribution in [-0.2, 0) is 16.6 Å². The monoisotopic (exact) mass is 377 g/mol. The Hall–Kier alpha value is -2.12. The standard InChI is InChI=1S/C19H27N3O3S/c1-14(2)9-10-15(3)21-19(23)18-11-17(26(20,24)25)13-22(18)12-16-7-5-4-6-8-16/h4-8,11,13-15H,9-10,12H2,1-3H3,(H,21,23)(H2,20,24,25). The number of benzene rings is 1. The molecule has 0 bridgehead atoms. The van der Waals surface area contributed by atoms with E-state index < -0.39 is 10.0 Å². The molecule has 0 fully saturated rings. The van der Waals surface area contributed by atoms with E-state index in [1.54, 1.807) is 4.57 Å². The minimum atomic E-state index is -3.88. The predicted octanol–water partition coefficient (Wildman–Crippen LogP) is 2.74. The Bertz CT molecular complexity index is 842. The van der Waals surface area contributed by atoms with Crippen LogP contribution in [0.3, 0.4) is 0 Å². The molecule has 0 aliphatic heterocycles. The topological polar surface area (TPSA) is 94.2 Å². The Morgan fingerprint density at radius 2 is 1.81 bits per heavy atom. The number of carbonyl (C=O) groups excluding carboxylic acids is 1.